The van der Waals surface area contributed by atoms with Gasteiger partial charge in [-0.3, -0.25) is 4.79 Å². The van der Waals surface area contributed by atoms with Crippen LogP contribution in [0.5, 0.6) is 0 Å². The number of hydrogen-bond acceptors (Lipinski definition) is 5. The maximum atomic E-state index is 12.2. The Morgan fingerprint density at radius 1 is 1.23 bits per heavy atom. The number of carbonyl (C=O) groups is 1. The average molecular weight is 447 g/mol. The van der Waals surface area contributed by atoms with Gasteiger partial charge >= 0.3 is 0 Å². The van der Waals surface area contributed by atoms with E-state index in [9.17, 15) is 13.2 Å². The van der Waals surface area contributed by atoms with Crippen LogP contribution in [0.25, 0.3) is 0 Å². The van der Waals surface area contributed by atoms with Crippen molar-refractivity contribution in [1.82, 2.24) is 0 Å². The van der Waals surface area contributed by atoms with Crippen LogP contribution in [0.3, 0.4) is 0 Å². The Hall–Kier alpha value is -1.26. The van der Waals surface area contributed by atoms with Crippen molar-refractivity contribution in [3.63, 3.8) is 0 Å². The van der Waals surface area contributed by atoms with E-state index in [1.54, 1.807) is 0 Å². The zero-order valence-electron chi connectivity index (χ0n) is 14.0. The molecule has 148 valence electrons. The summed E-state index contributed by atoms with van der Waals surface area (Å²) in [7, 11) is -3.62. The van der Waals surface area contributed by atoms with E-state index in [0.717, 1.165) is 19.1 Å². The van der Waals surface area contributed by atoms with Gasteiger partial charge in [0.25, 0.3) is 5.91 Å². The summed E-state index contributed by atoms with van der Waals surface area (Å²) in [5.74, 6) is -1.17. The number of amides is 1. The van der Waals surface area contributed by atoms with Crippen LogP contribution in [0.2, 0.25) is 5.02 Å². The van der Waals surface area contributed by atoms with E-state index in [0.29, 0.717) is 18.8 Å². The molecule has 0 atom stereocenters. The lowest BCUT2D eigenvalue weighted by Crippen LogP contribution is -2.40. The number of guanidine groups is 1. The highest BCUT2D eigenvalue weighted by molar-refractivity contribution is 7.90. The smallest absolute Gasteiger partial charge is 0.280 e. The molecule has 1 aromatic carbocycles. The first-order valence-corrected chi connectivity index (χ1v) is 9.54. The van der Waals surface area contributed by atoms with Crippen molar-refractivity contribution in [2.45, 2.75) is 23.8 Å². The van der Waals surface area contributed by atoms with E-state index >= 15 is 0 Å². The van der Waals surface area contributed by atoms with Crippen LogP contribution in [0, 0.1) is 0 Å². The molecule has 0 saturated carbocycles. The highest BCUT2D eigenvalue weighted by Gasteiger charge is 2.26. The molecule has 26 heavy (non-hydrogen) atoms. The first kappa shape index (κ1) is 24.7. The van der Waals surface area contributed by atoms with Crippen LogP contribution in [0.4, 0.5) is 5.69 Å². The minimum atomic E-state index is -3.62. The minimum Gasteiger partial charge on any atom is -0.370 e. The molecule has 0 aromatic heterocycles. The Morgan fingerprint density at radius 2 is 1.77 bits per heavy atom. The van der Waals surface area contributed by atoms with Gasteiger partial charge in [-0.2, -0.15) is 4.99 Å². The maximum absolute atomic E-state index is 12.2. The van der Waals surface area contributed by atoms with E-state index in [-0.39, 0.29) is 46.3 Å². The molecule has 1 heterocycles. The Bertz CT molecular complexity index is 789. The van der Waals surface area contributed by atoms with Gasteiger partial charge in [-0.05, 0) is 25.0 Å². The van der Waals surface area contributed by atoms with Crippen molar-refractivity contribution >= 4 is 63.8 Å². The summed E-state index contributed by atoms with van der Waals surface area (Å²) in [6.07, 6.45) is 2.52. The van der Waals surface area contributed by atoms with E-state index in [4.69, 9.17) is 28.8 Å². The molecule has 0 aliphatic carbocycles. The molecule has 8 nitrogen and oxygen atoms in total. The molecule has 6 N–H and O–H groups in total. The molecule has 1 saturated heterocycles. The fourth-order valence-electron chi connectivity index (χ4n) is 2.59. The van der Waals surface area contributed by atoms with Crippen LogP contribution in [-0.4, -0.2) is 45.7 Å². The molecule has 0 bridgehead atoms. The number of benzene rings is 1. The summed E-state index contributed by atoms with van der Waals surface area (Å²) in [4.78, 5) is 17.2. The predicted octanol–water partition coefficient (Wildman–Crippen LogP) is 0.928. The summed E-state index contributed by atoms with van der Waals surface area (Å²) < 4.78 is 24.4. The molecule has 0 unspecified atom stereocenters. The molecule has 0 radical (unpaired) electrons. The van der Waals surface area contributed by atoms with Crippen molar-refractivity contribution in [2.24, 2.45) is 22.2 Å². The number of hydrogen-bond donors (Lipinski definition) is 3. The number of carbonyl (C=O) groups excluding carboxylic acids is 1. The molecule has 0 spiro atoms. The third-order valence-electron chi connectivity index (χ3n) is 3.76. The lowest BCUT2D eigenvalue weighted by molar-refractivity contribution is 0.100. The summed E-state index contributed by atoms with van der Waals surface area (Å²) >= 11 is 6.29. The monoisotopic (exact) mass is 445 g/mol. The van der Waals surface area contributed by atoms with E-state index in [1.165, 1.54) is 12.1 Å². The predicted molar refractivity (Wildman–Crippen MR) is 109 cm³/mol. The van der Waals surface area contributed by atoms with Gasteiger partial charge in [0.2, 0.25) is 0 Å². The van der Waals surface area contributed by atoms with Crippen molar-refractivity contribution < 1.29 is 13.2 Å². The highest BCUT2D eigenvalue weighted by atomic mass is 35.5. The molecule has 1 fully saturated rings. The number of nitrogens with two attached hydrogens (primary N) is 3. The fraction of sp³-hybridized carbons (Fsp3) is 0.429. The van der Waals surface area contributed by atoms with Gasteiger partial charge in [0.05, 0.1) is 15.6 Å². The second kappa shape index (κ2) is 9.61. The summed E-state index contributed by atoms with van der Waals surface area (Å²) in [6.45, 7) is 1.18. The molecule has 2 rings (SSSR count). The number of piperidine rings is 1. The second-order valence-electron chi connectivity index (χ2n) is 5.74. The van der Waals surface area contributed by atoms with Crippen molar-refractivity contribution in [1.29, 1.82) is 0 Å². The third kappa shape index (κ3) is 5.88. The lowest BCUT2D eigenvalue weighted by Gasteiger charge is -2.33. The van der Waals surface area contributed by atoms with E-state index in [1.807, 2.05) is 4.90 Å². The molecule has 1 aliphatic rings. The quantitative estimate of drug-likeness (QED) is 0.462. The van der Waals surface area contributed by atoms with Crippen molar-refractivity contribution in [2.75, 3.05) is 24.2 Å². The fourth-order valence-corrected chi connectivity index (χ4v) is 3.92. The molecule has 1 amide bonds. The Labute approximate surface area is 169 Å². The number of nitrogens with zero attached hydrogens (tertiary/aromatic N) is 2. The SMILES string of the molecule is CS(=O)(=O)c1cc(C(=O)N=C(N)N)cc(Cl)c1N1CCC(N)CC1.Cl.Cl. The van der Waals surface area contributed by atoms with Crippen LogP contribution >= 0.6 is 36.4 Å². The van der Waals surface area contributed by atoms with Crippen molar-refractivity contribution in [3.05, 3.63) is 22.7 Å². The van der Waals surface area contributed by atoms with E-state index < -0.39 is 21.7 Å². The zero-order chi connectivity index (χ0) is 18.1. The minimum absolute atomic E-state index is 0. The van der Waals surface area contributed by atoms with Crippen molar-refractivity contribution in [3.8, 4) is 0 Å². The van der Waals surface area contributed by atoms with Gasteiger partial charge in [0.15, 0.2) is 15.8 Å². The normalized spacial score (nSPS) is 14.8. The topological polar surface area (TPSA) is 145 Å². The summed E-state index contributed by atoms with van der Waals surface area (Å²) in [6, 6.07) is 2.71. The van der Waals surface area contributed by atoms with Crippen LogP contribution < -0.4 is 22.1 Å². The first-order chi connectivity index (χ1) is 11.1. The van der Waals surface area contributed by atoms with Gasteiger partial charge in [-0.25, -0.2) is 8.42 Å². The number of halogens is 3. The molecule has 1 aromatic rings. The molecule has 12 heteroatoms. The number of rotatable bonds is 3. The van der Waals surface area contributed by atoms with Gasteiger partial charge in [0.1, 0.15) is 0 Å². The number of sulfone groups is 1. The van der Waals surface area contributed by atoms with Crippen LogP contribution in [0.1, 0.15) is 23.2 Å². The average Bonchev–Trinajstić information content (AvgIpc) is 2.46. The lowest BCUT2D eigenvalue weighted by atomic mass is 10.0. The van der Waals surface area contributed by atoms with E-state index in [2.05, 4.69) is 4.99 Å². The zero-order valence-corrected chi connectivity index (χ0v) is 17.2. The highest BCUT2D eigenvalue weighted by Crippen LogP contribution is 2.36. The van der Waals surface area contributed by atoms with Gasteiger partial charge in [-0.1, -0.05) is 11.6 Å². The van der Waals surface area contributed by atoms with Crippen LogP contribution in [-0.2, 0) is 9.84 Å². The number of anilines is 1. The summed E-state index contributed by atoms with van der Waals surface area (Å²) in [5.41, 5.74) is 16.6. The molecule has 1 aliphatic heterocycles. The Kier molecular flexibility index (Phi) is 9.14. The van der Waals surface area contributed by atoms with Gasteiger partial charge in [0, 0.05) is 31.0 Å². The standard InChI is InChI=1S/C14H20ClN5O3S.2ClH/c1-24(22,23)11-7-8(13(21)19-14(17)18)6-10(15)12(11)20-4-2-9(16)3-5-20;;/h6-7,9H,2-5,16H2,1H3,(H4,17,18,19,21);2*1H. The molecular formula is C14H22Cl3N5O3S. The first-order valence-electron chi connectivity index (χ1n) is 7.27. The van der Waals surface area contributed by atoms with Crippen LogP contribution in [0.15, 0.2) is 22.0 Å². The van der Waals surface area contributed by atoms with Gasteiger partial charge in [-0.15, -0.1) is 24.8 Å². The number of aliphatic imine (C=N–C) groups is 1. The molecular weight excluding hydrogens is 425 g/mol. The largest absolute Gasteiger partial charge is 0.370 e. The third-order valence-corrected chi connectivity index (χ3v) is 5.16. The summed E-state index contributed by atoms with van der Waals surface area (Å²) in [5, 5.41) is 0.155. The Morgan fingerprint density at radius 3 is 2.23 bits per heavy atom. The Balaban J connectivity index is 0.00000312. The second-order valence-corrected chi connectivity index (χ2v) is 8.13. The maximum Gasteiger partial charge on any atom is 0.280 e. The van der Waals surface area contributed by atoms with Gasteiger partial charge < -0.3 is 22.1 Å².